The molecule has 6 rings (SSSR count). The lowest BCUT2D eigenvalue weighted by Crippen LogP contribution is -2.60. The molecule has 4 aliphatic rings. The predicted molar refractivity (Wildman–Crippen MR) is 111 cm³/mol. The zero-order chi connectivity index (χ0) is 21.0. The van der Waals surface area contributed by atoms with E-state index in [-0.39, 0.29) is 23.9 Å². The monoisotopic (exact) mass is 406 g/mol. The summed E-state index contributed by atoms with van der Waals surface area (Å²) in [6, 6.07) is 4.20. The largest absolute Gasteiger partial charge is 0.380 e. The van der Waals surface area contributed by atoms with Crippen molar-refractivity contribution in [2.75, 3.05) is 18.9 Å². The number of aromatic amines is 1. The first-order valence-corrected chi connectivity index (χ1v) is 10.6. The molecule has 4 bridgehead atoms. The van der Waals surface area contributed by atoms with Gasteiger partial charge < -0.3 is 20.9 Å². The number of anilines is 1. The fraction of sp³-hybridized carbons (Fsp3) is 0.545. The minimum absolute atomic E-state index is 0.122. The number of nitriles is 1. The van der Waals surface area contributed by atoms with E-state index in [9.17, 15) is 9.59 Å². The maximum atomic E-state index is 13.2. The van der Waals surface area contributed by atoms with Crippen LogP contribution in [-0.4, -0.2) is 46.3 Å². The van der Waals surface area contributed by atoms with Gasteiger partial charge in [0.05, 0.1) is 22.7 Å². The molecule has 0 aromatic carbocycles. The molecule has 0 saturated heterocycles. The van der Waals surface area contributed by atoms with Crippen molar-refractivity contribution in [3.05, 3.63) is 24.0 Å². The summed E-state index contributed by atoms with van der Waals surface area (Å²) in [6.07, 6.45) is 8.13. The molecule has 8 heteroatoms. The Hall–Kier alpha value is -3.08. The first-order valence-electron chi connectivity index (χ1n) is 10.6. The summed E-state index contributed by atoms with van der Waals surface area (Å²) in [5, 5.41) is 13.6. The van der Waals surface area contributed by atoms with Gasteiger partial charge in [0.25, 0.3) is 5.91 Å². The Kier molecular flexibility index (Phi) is 4.24. The van der Waals surface area contributed by atoms with Crippen LogP contribution in [0.2, 0.25) is 0 Å². The summed E-state index contributed by atoms with van der Waals surface area (Å²) < 4.78 is 0. The highest BCUT2D eigenvalue weighted by Gasteiger charge is 2.59. The average Bonchev–Trinajstić information content (AvgIpc) is 3.18. The molecule has 30 heavy (non-hydrogen) atoms. The van der Waals surface area contributed by atoms with Gasteiger partial charge in [-0.3, -0.25) is 9.59 Å². The van der Waals surface area contributed by atoms with Gasteiger partial charge in [-0.15, -0.1) is 0 Å². The van der Waals surface area contributed by atoms with Crippen molar-refractivity contribution in [2.45, 2.75) is 38.1 Å². The molecule has 0 aliphatic heterocycles. The normalized spacial score (nSPS) is 31.5. The number of aromatic nitrogens is 2. The Morgan fingerprint density at radius 1 is 1.37 bits per heavy atom. The summed E-state index contributed by atoms with van der Waals surface area (Å²) in [6.45, 7) is 0.132. The Balaban J connectivity index is 1.46. The molecule has 4 fully saturated rings. The predicted octanol–water partition coefficient (Wildman–Crippen LogP) is 2.25. The number of nitrogens with two attached hydrogens (primary N) is 1. The van der Waals surface area contributed by atoms with Crippen LogP contribution in [0.5, 0.6) is 0 Å². The van der Waals surface area contributed by atoms with E-state index in [2.05, 4.69) is 21.4 Å². The number of hydrogen-bond donors (Lipinski definition) is 3. The highest BCUT2D eigenvalue weighted by atomic mass is 16.2. The van der Waals surface area contributed by atoms with E-state index in [0.717, 1.165) is 48.8 Å². The zero-order valence-electron chi connectivity index (χ0n) is 17.0. The fourth-order valence-electron chi connectivity index (χ4n) is 6.62. The van der Waals surface area contributed by atoms with Gasteiger partial charge in [0, 0.05) is 30.9 Å². The van der Waals surface area contributed by atoms with Gasteiger partial charge in [-0.25, -0.2) is 4.98 Å². The average molecular weight is 406 g/mol. The van der Waals surface area contributed by atoms with Crippen molar-refractivity contribution in [1.29, 1.82) is 5.26 Å². The molecule has 2 unspecified atom stereocenters. The van der Waals surface area contributed by atoms with Gasteiger partial charge >= 0.3 is 0 Å². The maximum Gasteiger partial charge on any atom is 0.252 e. The standard InChI is InChI=1S/C22H26N6O2/c1-28(5-3-23)21(30)22-8-12-6-13(9-22)17(14(7-12)10-22)27-18-15-2-4-25-20(15)26-11-16(18)19(24)29/h2,4,11-14,17H,5-10H2,1H3,(H2,24,29)(H2,25,26,27). The van der Waals surface area contributed by atoms with E-state index in [4.69, 9.17) is 11.0 Å². The number of hydrogen-bond acceptors (Lipinski definition) is 5. The number of carbonyl (C=O) groups excluding carboxylic acids is 2. The molecule has 2 heterocycles. The number of nitrogens with one attached hydrogen (secondary N) is 2. The highest BCUT2D eigenvalue weighted by molar-refractivity contribution is 6.06. The van der Waals surface area contributed by atoms with Crippen molar-refractivity contribution < 1.29 is 9.59 Å². The fourth-order valence-corrected chi connectivity index (χ4v) is 6.62. The molecule has 0 radical (unpaired) electrons. The molecule has 2 atom stereocenters. The third-order valence-electron chi connectivity index (χ3n) is 7.54. The number of primary amides is 1. The molecule has 4 saturated carbocycles. The first-order chi connectivity index (χ1) is 14.4. The quantitative estimate of drug-likeness (QED) is 0.656. The van der Waals surface area contributed by atoms with Crippen molar-refractivity contribution >= 4 is 28.5 Å². The maximum absolute atomic E-state index is 13.2. The van der Waals surface area contributed by atoms with Crippen LogP contribution >= 0.6 is 0 Å². The van der Waals surface area contributed by atoms with Crippen LogP contribution in [0, 0.1) is 34.5 Å². The van der Waals surface area contributed by atoms with Crippen LogP contribution in [0.15, 0.2) is 18.5 Å². The lowest BCUT2D eigenvalue weighted by molar-refractivity contribution is -0.156. The molecule has 4 N–H and O–H groups in total. The molecule has 0 spiro atoms. The molecular formula is C22H26N6O2. The Morgan fingerprint density at radius 2 is 2.10 bits per heavy atom. The lowest BCUT2D eigenvalue weighted by Gasteiger charge is -2.60. The number of nitrogens with zero attached hydrogens (tertiary/aromatic N) is 3. The van der Waals surface area contributed by atoms with Crippen LogP contribution in [0.3, 0.4) is 0 Å². The Morgan fingerprint density at radius 3 is 2.77 bits per heavy atom. The van der Waals surface area contributed by atoms with E-state index in [1.807, 2.05) is 12.3 Å². The van der Waals surface area contributed by atoms with Crippen LogP contribution in [0.25, 0.3) is 11.0 Å². The molecule has 2 aromatic rings. The molecule has 4 aliphatic carbocycles. The third-order valence-corrected chi connectivity index (χ3v) is 7.54. The summed E-state index contributed by atoms with van der Waals surface area (Å²) in [7, 11) is 1.73. The smallest absolute Gasteiger partial charge is 0.252 e. The summed E-state index contributed by atoms with van der Waals surface area (Å²) in [5.41, 5.74) is 7.16. The molecule has 2 aromatic heterocycles. The molecule has 156 valence electrons. The highest BCUT2D eigenvalue weighted by Crippen LogP contribution is 2.61. The summed E-state index contributed by atoms with van der Waals surface area (Å²) in [4.78, 5) is 34.3. The number of H-pyrrole nitrogens is 1. The topological polar surface area (TPSA) is 128 Å². The van der Waals surface area contributed by atoms with E-state index in [0.29, 0.717) is 23.3 Å². The van der Waals surface area contributed by atoms with Gasteiger partial charge in [-0.1, -0.05) is 0 Å². The SMILES string of the molecule is CN(CC#N)C(=O)C12CC3CC(C1)C(Nc1c(C(N)=O)cnc4[nH]ccc14)C(C3)C2. The second kappa shape index (κ2) is 6.73. The molecular weight excluding hydrogens is 380 g/mol. The van der Waals surface area contributed by atoms with Gasteiger partial charge in [-0.05, 0) is 55.9 Å². The second-order valence-electron chi connectivity index (χ2n) is 9.39. The first kappa shape index (κ1) is 18.9. The second-order valence-corrected chi connectivity index (χ2v) is 9.39. The van der Waals surface area contributed by atoms with E-state index in [1.165, 1.54) is 6.20 Å². The van der Waals surface area contributed by atoms with Crippen LogP contribution in [0.4, 0.5) is 5.69 Å². The van der Waals surface area contributed by atoms with Crippen molar-refractivity contribution in [3.63, 3.8) is 0 Å². The number of amides is 2. The number of rotatable bonds is 5. The van der Waals surface area contributed by atoms with Gasteiger partial charge in [0.15, 0.2) is 0 Å². The third kappa shape index (κ3) is 2.76. The Bertz CT molecular complexity index is 1050. The van der Waals surface area contributed by atoms with Crippen LogP contribution in [0.1, 0.15) is 42.5 Å². The molecule has 8 nitrogen and oxygen atoms in total. The van der Waals surface area contributed by atoms with Crippen LogP contribution in [-0.2, 0) is 4.79 Å². The van der Waals surface area contributed by atoms with E-state index in [1.54, 1.807) is 11.9 Å². The van der Waals surface area contributed by atoms with Gasteiger partial charge in [0.2, 0.25) is 5.91 Å². The van der Waals surface area contributed by atoms with Gasteiger partial charge in [-0.2, -0.15) is 5.26 Å². The van der Waals surface area contributed by atoms with Crippen LogP contribution < -0.4 is 11.1 Å². The van der Waals surface area contributed by atoms with Crippen molar-refractivity contribution in [1.82, 2.24) is 14.9 Å². The number of fused-ring (bicyclic) bond motifs is 1. The van der Waals surface area contributed by atoms with E-state index >= 15 is 0 Å². The van der Waals surface area contributed by atoms with Gasteiger partial charge in [0.1, 0.15) is 12.2 Å². The Labute approximate surface area is 174 Å². The lowest BCUT2D eigenvalue weighted by atomic mass is 9.47. The van der Waals surface area contributed by atoms with Crippen molar-refractivity contribution in [3.8, 4) is 6.07 Å². The summed E-state index contributed by atoms with van der Waals surface area (Å²) in [5.74, 6) is 0.899. The number of pyridine rings is 1. The minimum Gasteiger partial charge on any atom is -0.380 e. The minimum atomic E-state index is -0.498. The number of carbonyl (C=O) groups is 2. The summed E-state index contributed by atoms with van der Waals surface area (Å²) >= 11 is 0. The molecule has 2 amide bonds. The zero-order valence-corrected chi connectivity index (χ0v) is 17.0. The van der Waals surface area contributed by atoms with Crippen molar-refractivity contribution in [2.24, 2.45) is 28.9 Å². The van der Waals surface area contributed by atoms with E-state index < -0.39 is 5.91 Å².